The van der Waals surface area contributed by atoms with Gasteiger partial charge in [-0.25, -0.2) is 4.90 Å². The highest BCUT2D eigenvalue weighted by Gasteiger charge is 2.40. The van der Waals surface area contributed by atoms with Crippen LogP contribution < -0.4 is 10.2 Å². The van der Waals surface area contributed by atoms with Crippen molar-refractivity contribution in [3.05, 3.63) is 90.6 Å². The molecule has 0 bridgehead atoms. The van der Waals surface area contributed by atoms with Crippen molar-refractivity contribution in [3.63, 3.8) is 0 Å². The van der Waals surface area contributed by atoms with Gasteiger partial charge in [0.2, 0.25) is 5.91 Å². The Morgan fingerprint density at radius 3 is 2.56 bits per heavy atom. The Morgan fingerprint density at radius 2 is 1.69 bits per heavy atom. The van der Waals surface area contributed by atoms with Crippen molar-refractivity contribution >= 4 is 40.2 Å². The average molecular weight is 442 g/mol. The van der Waals surface area contributed by atoms with E-state index in [2.05, 4.69) is 16.4 Å². The van der Waals surface area contributed by atoms with Gasteiger partial charge in [0.1, 0.15) is 0 Å². The molecule has 0 aliphatic carbocycles. The van der Waals surface area contributed by atoms with Crippen LogP contribution in [0.4, 0.5) is 5.69 Å². The highest BCUT2D eigenvalue weighted by molar-refractivity contribution is 7.99. The molecule has 2 N–H and O–H groups in total. The number of hydrogen-bond donors (Lipinski definition) is 2. The van der Waals surface area contributed by atoms with Gasteiger partial charge in [-0.1, -0.05) is 60.3 Å². The summed E-state index contributed by atoms with van der Waals surface area (Å²) < 4.78 is 0. The second kappa shape index (κ2) is 9.02. The molecule has 6 heteroatoms. The molecule has 0 unspecified atom stereocenters. The Labute approximate surface area is 190 Å². The Bertz CT molecular complexity index is 1270. The fourth-order valence-electron chi connectivity index (χ4n) is 4.11. The van der Waals surface area contributed by atoms with E-state index in [4.69, 9.17) is 0 Å². The molecule has 5 rings (SSSR count). The molecule has 1 fully saturated rings. The number of carbonyl (C=O) groups is 2. The molecule has 0 spiro atoms. The van der Waals surface area contributed by atoms with E-state index in [0.29, 0.717) is 12.2 Å². The van der Waals surface area contributed by atoms with E-state index in [-0.39, 0.29) is 18.2 Å². The van der Waals surface area contributed by atoms with Gasteiger partial charge in [-0.05, 0) is 42.3 Å². The van der Waals surface area contributed by atoms with Crippen molar-refractivity contribution in [1.29, 1.82) is 0 Å². The summed E-state index contributed by atoms with van der Waals surface area (Å²) in [7, 11) is 0. The lowest BCUT2D eigenvalue weighted by atomic mass is 10.1. The van der Waals surface area contributed by atoms with Crippen LogP contribution in [0.25, 0.3) is 10.9 Å². The Hall–Kier alpha value is -3.35. The summed E-state index contributed by atoms with van der Waals surface area (Å²) in [5.41, 5.74) is 2.96. The van der Waals surface area contributed by atoms with Gasteiger partial charge in [0.05, 0.1) is 18.2 Å². The minimum absolute atomic E-state index is 0.166. The molecular weight excluding hydrogens is 418 g/mol. The van der Waals surface area contributed by atoms with Crippen LogP contribution in [0.3, 0.4) is 0 Å². The van der Waals surface area contributed by atoms with Crippen molar-refractivity contribution < 1.29 is 9.59 Å². The van der Waals surface area contributed by atoms with Gasteiger partial charge in [0, 0.05) is 33.4 Å². The monoisotopic (exact) mass is 441 g/mol. The molecule has 0 saturated carbocycles. The minimum Gasteiger partial charge on any atom is -0.361 e. The number of benzene rings is 3. The van der Waals surface area contributed by atoms with Gasteiger partial charge in [-0.2, -0.15) is 0 Å². The first-order valence-electron chi connectivity index (χ1n) is 10.7. The SMILES string of the molecule is O=C1C[C@H](NCCc2c[nH]c3ccccc23)C(=O)N1c1ccccc1Sc1ccccc1. The summed E-state index contributed by atoms with van der Waals surface area (Å²) >= 11 is 1.55. The number of anilines is 1. The third-order valence-electron chi connectivity index (χ3n) is 5.68. The lowest BCUT2D eigenvalue weighted by molar-refractivity contribution is -0.121. The molecular formula is C26H23N3O2S. The van der Waals surface area contributed by atoms with E-state index in [1.54, 1.807) is 11.8 Å². The molecule has 0 radical (unpaired) electrons. The zero-order valence-corrected chi connectivity index (χ0v) is 18.3. The lowest BCUT2D eigenvalue weighted by Gasteiger charge is -2.19. The fourth-order valence-corrected chi connectivity index (χ4v) is 5.07. The van der Waals surface area contributed by atoms with Crippen molar-refractivity contribution in [3.8, 4) is 0 Å². The van der Waals surface area contributed by atoms with Crippen LogP contribution in [-0.4, -0.2) is 29.4 Å². The van der Waals surface area contributed by atoms with Crippen molar-refractivity contribution in [2.45, 2.75) is 28.7 Å². The first-order valence-corrected chi connectivity index (χ1v) is 11.5. The molecule has 1 aliphatic heterocycles. The van der Waals surface area contributed by atoms with Crippen LogP contribution >= 0.6 is 11.8 Å². The van der Waals surface area contributed by atoms with Crippen LogP contribution in [0, 0.1) is 0 Å². The Balaban J connectivity index is 1.28. The van der Waals surface area contributed by atoms with Crippen LogP contribution in [0.1, 0.15) is 12.0 Å². The highest BCUT2D eigenvalue weighted by atomic mass is 32.2. The number of nitrogens with zero attached hydrogens (tertiary/aromatic N) is 1. The second-order valence-corrected chi connectivity index (χ2v) is 8.89. The van der Waals surface area contributed by atoms with Gasteiger partial charge >= 0.3 is 0 Å². The van der Waals surface area contributed by atoms with E-state index in [1.807, 2.05) is 79.0 Å². The standard InChI is InChI=1S/C26H23N3O2S/c30-25-16-22(27-15-14-18-17-28-21-11-5-4-10-20(18)21)26(31)29(25)23-12-6-7-13-24(23)32-19-8-2-1-3-9-19/h1-13,17,22,27-28H,14-16H2/t22-/m0/s1. The number of imide groups is 1. The lowest BCUT2D eigenvalue weighted by Crippen LogP contribution is -2.39. The molecule has 2 amide bonds. The number of para-hydroxylation sites is 2. The van der Waals surface area contributed by atoms with Gasteiger partial charge in [-0.3, -0.25) is 9.59 Å². The Morgan fingerprint density at radius 1 is 0.938 bits per heavy atom. The van der Waals surface area contributed by atoms with E-state index >= 15 is 0 Å². The van der Waals surface area contributed by atoms with E-state index in [1.165, 1.54) is 15.8 Å². The summed E-state index contributed by atoms with van der Waals surface area (Å²) in [5, 5.41) is 4.49. The minimum atomic E-state index is -0.498. The van der Waals surface area contributed by atoms with Crippen molar-refractivity contribution in [2.24, 2.45) is 0 Å². The topological polar surface area (TPSA) is 65.2 Å². The third kappa shape index (κ3) is 4.07. The van der Waals surface area contributed by atoms with E-state index in [9.17, 15) is 9.59 Å². The number of aromatic nitrogens is 1. The summed E-state index contributed by atoms with van der Waals surface area (Å²) in [6, 6.07) is 25.2. The number of carbonyl (C=O) groups excluding carboxylic acids is 2. The summed E-state index contributed by atoms with van der Waals surface area (Å²) in [4.78, 5) is 32.5. The van der Waals surface area contributed by atoms with Gasteiger partial charge in [0.15, 0.2) is 0 Å². The highest BCUT2D eigenvalue weighted by Crippen LogP contribution is 2.37. The predicted octanol–water partition coefficient (Wildman–Crippen LogP) is 4.78. The number of H-pyrrole nitrogens is 1. The zero-order valence-electron chi connectivity index (χ0n) is 17.5. The number of hydrogen-bond acceptors (Lipinski definition) is 4. The maximum Gasteiger partial charge on any atom is 0.251 e. The smallest absolute Gasteiger partial charge is 0.251 e. The second-order valence-electron chi connectivity index (χ2n) is 7.77. The van der Waals surface area contributed by atoms with Gasteiger partial charge in [-0.15, -0.1) is 0 Å². The molecule has 1 aliphatic rings. The van der Waals surface area contributed by atoms with Gasteiger partial charge in [0.25, 0.3) is 5.91 Å². The molecule has 5 nitrogen and oxygen atoms in total. The van der Waals surface area contributed by atoms with Crippen molar-refractivity contribution in [2.75, 3.05) is 11.4 Å². The first-order chi connectivity index (χ1) is 15.7. The van der Waals surface area contributed by atoms with E-state index in [0.717, 1.165) is 21.7 Å². The maximum absolute atomic E-state index is 13.2. The molecule has 1 saturated heterocycles. The zero-order chi connectivity index (χ0) is 21.9. The normalized spacial score (nSPS) is 16.2. The number of amides is 2. The van der Waals surface area contributed by atoms with Crippen LogP contribution in [0.2, 0.25) is 0 Å². The number of aromatic amines is 1. The molecule has 1 aromatic heterocycles. The maximum atomic E-state index is 13.2. The van der Waals surface area contributed by atoms with E-state index < -0.39 is 6.04 Å². The van der Waals surface area contributed by atoms with Crippen LogP contribution in [0.5, 0.6) is 0 Å². The molecule has 32 heavy (non-hydrogen) atoms. The molecule has 4 aromatic rings. The molecule has 2 heterocycles. The number of nitrogens with one attached hydrogen (secondary N) is 2. The predicted molar refractivity (Wildman–Crippen MR) is 128 cm³/mol. The van der Waals surface area contributed by atoms with Crippen LogP contribution in [-0.2, 0) is 16.0 Å². The largest absolute Gasteiger partial charge is 0.361 e. The molecule has 1 atom stereocenters. The number of rotatable bonds is 7. The molecule has 160 valence electrons. The average Bonchev–Trinajstić information content (AvgIpc) is 3.35. The third-order valence-corrected chi connectivity index (χ3v) is 6.76. The fraction of sp³-hybridized carbons (Fsp3) is 0.154. The van der Waals surface area contributed by atoms with Crippen molar-refractivity contribution in [1.82, 2.24) is 10.3 Å². The summed E-state index contributed by atoms with van der Waals surface area (Å²) in [6.07, 6.45) is 2.97. The quantitative estimate of drug-likeness (QED) is 0.405. The summed E-state index contributed by atoms with van der Waals surface area (Å²) in [6.45, 7) is 0.625. The Kier molecular flexibility index (Phi) is 5.79. The summed E-state index contributed by atoms with van der Waals surface area (Å²) in [5.74, 6) is -0.351. The number of fused-ring (bicyclic) bond motifs is 1. The molecule has 3 aromatic carbocycles. The van der Waals surface area contributed by atoms with Crippen LogP contribution in [0.15, 0.2) is 94.9 Å². The first kappa shape index (κ1) is 20.5. The van der Waals surface area contributed by atoms with Gasteiger partial charge < -0.3 is 10.3 Å².